The van der Waals surface area contributed by atoms with Gasteiger partial charge in [-0.25, -0.2) is 19.2 Å². The summed E-state index contributed by atoms with van der Waals surface area (Å²) in [7, 11) is 0. The molecule has 0 unspecified atom stereocenters. The summed E-state index contributed by atoms with van der Waals surface area (Å²) in [5, 5.41) is 1.54. The average Bonchev–Trinajstić information content (AvgIpc) is 3.02. The summed E-state index contributed by atoms with van der Waals surface area (Å²) in [6.45, 7) is 8.38. The molecule has 0 aliphatic carbocycles. The van der Waals surface area contributed by atoms with Crippen LogP contribution < -0.4 is 18.9 Å². The number of rotatable bonds is 12. The molecule has 0 atom stereocenters. The van der Waals surface area contributed by atoms with E-state index in [1.54, 1.807) is 66.7 Å². The Bertz CT molecular complexity index is 1690. The molecule has 0 spiro atoms. The molecule has 0 N–H and O–H groups in total. The Hall–Kier alpha value is -5.70. The first kappa shape index (κ1) is 30.3. The molecule has 4 aromatic carbocycles. The van der Waals surface area contributed by atoms with Crippen molar-refractivity contribution in [3.8, 4) is 23.0 Å². The van der Waals surface area contributed by atoms with Gasteiger partial charge in [0.15, 0.2) is 0 Å². The summed E-state index contributed by atoms with van der Waals surface area (Å²) in [5.74, 6) is -0.886. The van der Waals surface area contributed by atoms with Crippen molar-refractivity contribution >= 4 is 34.6 Å². The van der Waals surface area contributed by atoms with Crippen LogP contribution in [0.1, 0.15) is 39.6 Å². The van der Waals surface area contributed by atoms with Gasteiger partial charge in [0, 0.05) is 12.2 Å². The fraction of sp³-hybridized carbons (Fsp3) is 0.118. The van der Waals surface area contributed by atoms with E-state index in [0.29, 0.717) is 40.5 Å². The van der Waals surface area contributed by atoms with E-state index in [1.807, 2.05) is 6.92 Å². The maximum absolute atomic E-state index is 13.0. The fourth-order valence-corrected chi connectivity index (χ4v) is 3.98. The van der Waals surface area contributed by atoms with Gasteiger partial charge in [-0.15, -0.1) is 0 Å². The number of hydrogen-bond donors (Lipinski definition) is 0. The molecule has 0 bridgehead atoms. The lowest BCUT2D eigenvalue weighted by atomic mass is 10.1. The van der Waals surface area contributed by atoms with Crippen LogP contribution in [-0.4, -0.2) is 30.7 Å². The molecule has 218 valence electrons. The number of carbonyl (C=O) groups excluding carboxylic acids is 4. The minimum absolute atomic E-state index is 0.283. The lowest BCUT2D eigenvalue weighted by Crippen LogP contribution is -2.11. The maximum Gasteiger partial charge on any atom is 0.343 e. The first-order valence-corrected chi connectivity index (χ1v) is 13.3. The highest BCUT2D eigenvalue weighted by Crippen LogP contribution is 2.28. The molecule has 0 amide bonds. The van der Waals surface area contributed by atoms with Crippen LogP contribution in [0.5, 0.6) is 23.0 Å². The molecule has 0 heterocycles. The third-order valence-corrected chi connectivity index (χ3v) is 6.08. The van der Waals surface area contributed by atoms with Gasteiger partial charge in [0.05, 0.1) is 11.1 Å². The van der Waals surface area contributed by atoms with Gasteiger partial charge in [0.2, 0.25) is 6.79 Å². The highest BCUT2D eigenvalue weighted by atomic mass is 16.7. The Labute approximate surface area is 247 Å². The van der Waals surface area contributed by atoms with E-state index >= 15 is 0 Å². The van der Waals surface area contributed by atoms with Gasteiger partial charge in [-0.3, -0.25) is 0 Å². The van der Waals surface area contributed by atoms with Crippen molar-refractivity contribution in [3.05, 3.63) is 121 Å². The SMILES string of the molecule is C=CC(=O)OCOc1ccc(C(=O)Oc2ccc(OC(=O)c3ccc4cc(OC(=O)C=C)ccc4c3)c(CCC)c2)cc1. The van der Waals surface area contributed by atoms with Crippen molar-refractivity contribution in [1.82, 2.24) is 0 Å². The standard InChI is InChI=1S/C34H28O9/c1-4-7-25-20-29(42-33(37)22-10-13-27(14-11-22)39-21-40-31(35)5-2)16-17-30(25)43-34(38)26-9-8-24-19-28(41-32(36)6-3)15-12-23(24)18-26/h5-6,8-20H,2-4,7,21H2,1H3. The van der Waals surface area contributed by atoms with Gasteiger partial charge < -0.3 is 23.7 Å². The lowest BCUT2D eigenvalue weighted by molar-refractivity contribution is -0.144. The number of benzene rings is 4. The number of esters is 4. The van der Waals surface area contributed by atoms with Crippen molar-refractivity contribution in [2.24, 2.45) is 0 Å². The van der Waals surface area contributed by atoms with Crippen LogP contribution >= 0.6 is 0 Å². The normalized spacial score (nSPS) is 10.3. The summed E-state index contributed by atoms with van der Waals surface area (Å²) >= 11 is 0. The first-order chi connectivity index (χ1) is 20.8. The second kappa shape index (κ2) is 14.3. The second-order valence-electron chi connectivity index (χ2n) is 9.10. The molecule has 0 fully saturated rings. The Kier molecular flexibility index (Phi) is 10.0. The summed E-state index contributed by atoms with van der Waals surface area (Å²) in [6.07, 6.45) is 3.46. The number of carbonyl (C=O) groups is 4. The Morgan fingerprint density at radius 1 is 0.651 bits per heavy atom. The number of ether oxygens (including phenoxy) is 5. The molecule has 0 aliphatic heterocycles. The predicted molar refractivity (Wildman–Crippen MR) is 158 cm³/mol. The van der Waals surface area contributed by atoms with E-state index in [1.165, 1.54) is 12.1 Å². The molecule has 9 heteroatoms. The van der Waals surface area contributed by atoms with Crippen LogP contribution in [0.25, 0.3) is 10.8 Å². The zero-order valence-corrected chi connectivity index (χ0v) is 23.4. The number of aryl methyl sites for hydroxylation is 1. The summed E-state index contributed by atoms with van der Waals surface area (Å²) < 4.78 is 26.5. The first-order valence-electron chi connectivity index (χ1n) is 13.3. The topological polar surface area (TPSA) is 114 Å². The van der Waals surface area contributed by atoms with Crippen molar-refractivity contribution in [2.45, 2.75) is 19.8 Å². The largest absolute Gasteiger partial charge is 0.457 e. The van der Waals surface area contributed by atoms with Crippen molar-refractivity contribution in [2.75, 3.05) is 6.79 Å². The van der Waals surface area contributed by atoms with E-state index in [2.05, 4.69) is 13.2 Å². The summed E-state index contributed by atoms with van der Waals surface area (Å²) in [4.78, 5) is 48.3. The molecule has 4 aromatic rings. The third kappa shape index (κ3) is 8.17. The van der Waals surface area contributed by atoms with Crippen molar-refractivity contribution in [1.29, 1.82) is 0 Å². The Morgan fingerprint density at radius 2 is 1.26 bits per heavy atom. The molecule has 0 aliphatic rings. The molecule has 4 rings (SSSR count). The van der Waals surface area contributed by atoms with Crippen LogP contribution in [0.4, 0.5) is 0 Å². The van der Waals surface area contributed by atoms with Gasteiger partial charge in [-0.05, 0) is 89.5 Å². The maximum atomic E-state index is 13.0. The molecule has 43 heavy (non-hydrogen) atoms. The van der Waals surface area contributed by atoms with Gasteiger partial charge in [-0.1, -0.05) is 38.6 Å². The molecule has 0 aromatic heterocycles. The predicted octanol–water partition coefficient (Wildman–Crippen LogP) is 6.39. The molecular weight excluding hydrogens is 552 g/mol. The van der Waals surface area contributed by atoms with Crippen LogP contribution in [0, 0.1) is 0 Å². The van der Waals surface area contributed by atoms with Crippen LogP contribution in [-0.2, 0) is 20.7 Å². The number of hydrogen-bond acceptors (Lipinski definition) is 9. The van der Waals surface area contributed by atoms with Crippen LogP contribution in [0.15, 0.2) is 104 Å². The highest BCUT2D eigenvalue weighted by Gasteiger charge is 2.16. The van der Waals surface area contributed by atoms with E-state index in [4.69, 9.17) is 23.7 Å². The van der Waals surface area contributed by atoms with Crippen molar-refractivity contribution < 1.29 is 42.9 Å². The average molecular weight is 581 g/mol. The van der Waals surface area contributed by atoms with Gasteiger partial charge in [0.25, 0.3) is 0 Å². The van der Waals surface area contributed by atoms with Crippen molar-refractivity contribution in [3.63, 3.8) is 0 Å². The number of fused-ring (bicyclic) bond motifs is 1. The monoisotopic (exact) mass is 580 g/mol. The molecular formula is C34H28O9. The second-order valence-corrected chi connectivity index (χ2v) is 9.10. The molecule has 0 saturated heterocycles. The third-order valence-electron chi connectivity index (χ3n) is 6.08. The Balaban J connectivity index is 1.42. The van der Waals surface area contributed by atoms with E-state index < -0.39 is 23.9 Å². The minimum Gasteiger partial charge on any atom is -0.457 e. The molecule has 9 nitrogen and oxygen atoms in total. The van der Waals surface area contributed by atoms with Crippen LogP contribution in [0.3, 0.4) is 0 Å². The fourth-order valence-electron chi connectivity index (χ4n) is 3.98. The van der Waals surface area contributed by atoms with Gasteiger partial charge in [0.1, 0.15) is 23.0 Å². The summed E-state index contributed by atoms with van der Waals surface area (Å²) in [6, 6.07) is 21.1. The van der Waals surface area contributed by atoms with Gasteiger partial charge in [-0.2, -0.15) is 0 Å². The zero-order valence-electron chi connectivity index (χ0n) is 23.4. The van der Waals surface area contributed by atoms with E-state index in [0.717, 1.165) is 29.3 Å². The smallest absolute Gasteiger partial charge is 0.343 e. The molecule has 0 radical (unpaired) electrons. The summed E-state index contributed by atoms with van der Waals surface area (Å²) in [5.41, 5.74) is 1.33. The minimum atomic E-state index is -0.609. The van der Waals surface area contributed by atoms with E-state index in [-0.39, 0.29) is 12.4 Å². The molecule has 0 saturated carbocycles. The van der Waals surface area contributed by atoms with Crippen LogP contribution in [0.2, 0.25) is 0 Å². The highest BCUT2D eigenvalue weighted by molar-refractivity contribution is 5.97. The quantitative estimate of drug-likeness (QED) is 0.0814. The zero-order chi connectivity index (χ0) is 30.8. The van der Waals surface area contributed by atoms with Gasteiger partial charge >= 0.3 is 23.9 Å². The lowest BCUT2D eigenvalue weighted by Gasteiger charge is -2.13. The van der Waals surface area contributed by atoms with E-state index in [9.17, 15) is 19.2 Å². The Morgan fingerprint density at radius 3 is 1.98 bits per heavy atom.